The van der Waals surface area contributed by atoms with Gasteiger partial charge in [0.1, 0.15) is 6.61 Å². The maximum atomic E-state index is 10.9. The molecule has 8 heteroatoms. The summed E-state index contributed by atoms with van der Waals surface area (Å²) in [7, 11) is -3.45. The van der Waals surface area contributed by atoms with E-state index in [-0.39, 0.29) is 6.61 Å². The third-order valence-corrected chi connectivity index (χ3v) is 4.36. The van der Waals surface area contributed by atoms with E-state index in [1.165, 1.54) is 16.2 Å². The van der Waals surface area contributed by atoms with Crippen LogP contribution in [0.15, 0.2) is 6.07 Å². The van der Waals surface area contributed by atoms with Crippen LogP contribution in [-0.4, -0.2) is 37.3 Å². The number of nitrogens with zero attached hydrogens (tertiary/aromatic N) is 1. The summed E-state index contributed by atoms with van der Waals surface area (Å²) in [6.07, 6.45) is 0.749. The van der Waals surface area contributed by atoms with Crippen molar-refractivity contribution in [3.05, 3.63) is 21.4 Å². The SMILES string of the molecule is CS(=O)(=O)OCc1cc2c(s1)CCN(C(=O)O)C2. The Bertz CT molecular complexity index is 563. The lowest BCUT2D eigenvalue weighted by Gasteiger charge is -2.23. The van der Waals surface area contributed by atoms with E-state index in [1.54, 1.807) is 0 Å². The molecule has 100 valence electrons. The van der Waals surface area contributed by atoms with Crippen molar-refractivity contribution in [3.8, 4) is 0 Å². The van der Waals surface area contributed by atoms with Gasteiger partial charge in [0.05, 0.1) is 12.8 Å². The summed E-state index contributed by atoms with van der Waals surface area (Å²) in [5.74, 6) is 0. The molecule has 0 saturated carbocycles. The third-order valence-electron chi connectivity index (χ3n) is 2.60. The number of hydrogen-bond acceptors (Lipinski definition) is 5. The van der Waals surface area contributed by atoms with Crippen LogP contribution in [0.2, 0.25) is 0 Å². The van der Waals surface area contributed by atoms with Crippen molar-refractivity contribution < 1.29 is 22.5 Å². The van der Waals surface area contributed by atoms with Gasteiger partial charge >= 0.3 is 6.09 Å². The first-order valence-electron chi connectivity index (χ1n) is 5.28. The van der Waals surface area contributed by atoms with Crippen molar-refractivity contribution in [1.29, 1.82) is 0 Å². The molecule has 0 atom stereocenters. The third kappa shape index (κ3) is 3.21. The highest BCUT2D eigenvalue weighted by molar-refractivity contribution is 7.85. The molecule has 0 fully saturated rings. The topological polar surface area (TPSA) is 83.9 Å². The summed E-state index contributed by atoms with van der Waals surface area (Å²) < 4.78 is 26.5. The van der Waals surface area contributed by atoms with Gasteiger partial charge in [-0.1, -0.05) is 0 Å². The van der Waals surface area contributed by atoms with Crippen LogP contribution >= 0.6 is 11.3 Å². The predicted octanol–water partition coefficient (Wildman–Crippen LogP) is 1.26. The van der Waals surface area contributed by atoms with Gasteiger partial charge < -0.3 is 10.0 Å². The average molecular weight is 291 g/mol. The van der Waals surface area contributed by atoms with Gasteiger partial charge in [-0.15, -0.1) is 11.3 Å². The Morgan fingerprint density at radius 2 is 2.33 bits per heavy atom. The molecule has 1 aromatic rings. The summed E-state index contributed by atoms with van der Waals surface area (Å²) >= 11 is 1.48. The zero-order valence-corrected chi connectivity index (χ0v) is 11.4. The highest BCUT2D eigenvalue weighted by Gasteiger charge is 2.22. The Balaban J connectivity index is 2.08. The number of hydrogen-bond donors (Lipinski definition) is 1. The van der Waals surface area contributed by atoms with Crippen LogP contribution in [-0.2, 0) is 33.9 Å². The summed E-state index contributed by atoms with van der Waals surface area (Å²) in [6.45, 7) is 0.860. The van der Waals surface area contributed by atoms with Crippen LogP contribution in [0.3, 0.4) is 0 Å². The van der Waals surface area contributed by atoms with Crippen LogP contribution in [0.1, 0.15) is 15.3 Å². The molecule has 2 rings (SSSR count). The number of thiophene rings is 1. The lowest BCUT2D eigenvalue weighted by atomic mass is 10.1. The van der Waals surface area contributed by atoms with Crippen LogP contribution in [0, 0.1) is 0 Å². The minimum atomic E-state index is -3.45. The molecule has 6 nitrogen and oxygen atoms in total. The molecule has 0 aliphatic carbocycles. The molecule has 1 aliphatic heterocycles. The van der Waals surface area contributed by atoms with Crippen molar-refractivity contribution in [1.82, 2.24) is 4.90 Å². The highest BCUT2D eigenvalue weighted by Crippen LogP contribution is 2.28. The molecule has 1 aliphatic rings. The standard InChI is InChI=1S/C10H13NO5S2/c1-18(14,15)16-6-8-4-7-5-11(10(12)13)3-2-9(7)17-8/h4H,2-3,5-6H2,1H3,(H,12,13). The lowest BCUT2D eigenvalue weighted by Crippen LogP contribution is -2.33. The van der Waals surface area contributed by atoms with Gasteiger partial charge in [0.2, 0.25) is 0 Å². The van der Waals surface area contributed by atoms with Crippen LogP contribution < -0.4 is 0 Å². The van der Waals surface area contributed by atoms with Crippen LogP contribution in [0.4, 0.5) is 4.79 Å². The van der Waals surface area contributed by atoms with E-state index in [2.05, 4.69) is 0 Å². The normalized spacial score (nSPS) is 15.5. The molecular formula is C10H13NO5S2. The molecule has 1 aromatic heterocycles. The Hall–Kier alpha value is -1.12. The molecule has 18 heavy (non-hydrogen) atoms. The van der Waals surface area contributed by atoms with Crippen molar-refractivity contribution in [2.24, 2.45) is 0 Å². The zero-order chi connectivity index (χ0) is 13.3. The van der Waals surface area contributed by atoms with E-state index in [9.17, 15) is 13.2 Å². The second-order valence-corrected chi connectivity index (χ2v) is 6.95. The monoisotopic (exact) mass is 291 g/mol. The molecule has 0 saturated heterocycles. The molecule has 1 N–H and O–H groups in total. The highest BCUT2D eigenvalue weighted by atomic mass is 32.2. The van der Waals surface area contributed by atoms with Gasteiger partial charge in [0.15, 0.2) is 0 Å². The van der Waals surface area contributed by atoms with Crippen LogP contribution in [0.5, 0.6) is 0 Å². The number of rotatable bonds is 3. The van der Waals surface area contributed by atoms with Crippen molar-refractivity contribution in [3.63, 3.8) is 0 Å². The van der Waals surface area contributed by atoms with Crippen molar-refractivity contribution in [2.75, 3.05) is 12.8 Å². The second-order valence-electron chi connectivity index (χ2n) is 4.08. The fourth-order valence-corrected chi connectivity index (χ4v) is 3.29. The van der Waals surface area contributed by atoms with E-state index >= 15 is 0 Å². The Morgan fingerprint density at radius 1 is 1.61 bits per heavy atom. The maximum Gasteiger partial charge on any atom is 0.407 e. The molecule has 0 aromatic carbocycles. The van der Waals surface area contributed by atoms with Gasteiger partial charge in [-0.25, -0.2) is 4.79 Å². The van der Waals surface area contributed by atoms with Crippen molar-refractivity contribution in [2.45, 2.75) is 19.6 Å². The number of amides is 1. The fourth-order valence-electron chi connectivity index (χ4n) is 1.79. The summed E-state index contributed by atoms with van der Waals surface area (Å²) in [5.41, 5.74) is 0.945. The largest absolute Gasteiger partial charge is 0.465 e. The first-order chi connectivity index (χ1) is 8.35. The van der Waals surface area contributed by atoms with Gasteiger partial charge in [-0.3, -0.25) is 4.18 Å². The van der Waals surface area contributed by atoms with Gasteiger partial charge in [-0.2, -0.15) is 8.42 Å². The fraction of sp³-hybridized carbons (Fsp3) is 0.500. The average Bonchev–Trinajstić information content (AvgIpc) is 2.66. The predicted molar refractivity (Wildman–Crippen MR) is 66.1 cm³/mol. The van der Waals surface area contributed by atoms with E-state index < -0.39 is 16.2 Å². The smallest absolute Gasteiger partial charge is 0.407 e. The van der Waals surface area contributed by atoms with E-state index in [4.69, 9.17) is 9.29 Å². The Morgan fingerprint density at radius 3 is 2.94 bits per heavy atom. The zero-order valence-electron chi connectivity index (χ0n) is 9.75. The quantitative estimate of drug-likeness (QED) is 0.848. The van der Waals surface area contributed by atoms with Gasteiger partial charge in [0.25, 0.3) is 10.1 Å². The van der Waals surface area contributed by atoms with Crippen LogP contribution in [0.25, 0.3) is 0 Å². The molecule has 2 heterocycles. The second kappa shape index (κ2) is 4.87. The van der Waals surface area contributed by atoms with E-state index in [0.717, 1.165) is 21.6 Å². The number of carbonyl (C=O) groups is 1. The van der Waals surface area contributed by atoms with E-state index in [1.807, 2.05) is 6.07 Å². The van der Waals surface area contributed by atoms with E-state index in [0.29, 0.717) is 19.5 Å². The Kier molecular flexibility index (Phi) is 3.60. The first-order valence-corrected chi connectivity index (χ1v) is 7.91. The number of fused-ring (bicyclic) bond motifs is 1. The minimum absolute atomic E-state index is 0.0174. The maximum absolute atomic E-state index is 10.9. The molecule has 0 bridgehead atoms. The minimum Gasteiger partial charge on any atom is -0.465 e. The van der Waals surface area contributed by atoms with Gasteiger partial charge in [0, 0.05) is 16.3 Å². The molecule has 0 unspecified atom stereocenters. The summed E-state index contributed by atoms with van der Waals surface area (Å²) in [4.78, 5) is 14.1. The Labute approximate surface area is 109 Å². The summed E-state index contributed by atoms with van der Waals surface area (Å²) in [6, 6.07) is 1.82. The van der Waals surface area contributed by atoms with Gasteiger partial charge in [-0.05, 0) is 18.1 Å². The first kappa shape index (κ1) is 13.3. The van der Waals surface area contributed by atoms with Crippen molar-refractivity contribution >= 4 is 27.5 Å². The molecular weight excluding hydrogens is 278 g/mol. The number of carboxylic acid groups (broad SMARTS) is 1. The lowest BCUT2D eigenvalue weighted by molar-refractivity contribution is 0.140. The molecule has 0 radical (unpaired) electrons. The molecule has 1 amide bonds. The molecule has 0 spiro atoms. The summed E-state index contributed by atoms with van der Waals surface area (Å²) in [5, 5.41) is 8.91.